The van der Waals surface area contributed by atoms with E-state index in [1.54, 1.807) is 31.4 Å². The lowest BCUT2D eigenvalue weighted by Gasteiger charge is -2.17. The summed E-state index contributed by atoms with van der Waals surface area (Å²) in [6, 6.07) is 7.10. The summed E-state index contributed by atoms with van der Waals surface area (Å²) in [5, 5.41) is 2.67. The molecule has 0 aromatic heterocycles. The third-order valence-electron chi connectivity index (χ3n) is 1.74. The van der Waals surface area contributed by atoms with Crippen molar-refractivity contribution in [3.05, 3.63) is 24.3 Å². The van der Waals surface area contributed by atoms with Crippen LogP contribution in [0.5, 0.6) is 5.75 Å². The van der Waals surface area contributed by atoms with Gasteiger partial charge in [-0.25, -0.2) is 4.79 Å². The number of ether oxygens (including phenoxy) is 1. The SMILES string of the molecule is COc1ccc(NC(=O)O[Si](C)(C)C)cc1. The Morgan fingerprint density at radius 3 is 2.19 bits per heavy atom. The van der Waals surface area contributed by atoms with Gasteiger partial charge >= 0.3 is 6.09 Å². The largest absolute Gasteiger partial charge is 0.504 e. The van der Waals surface area contributed by atoms with Gasteiger partial charge in [-0.1, -0.05) is 0 Å². The lowest BCUT2D eigenvalue weighted by Crippen LogP contribution is -2.31. The summed E-state index contributed by atoms with van der Waals surface area (Å²) in [5.74, 6) is 0.754. The van der Waals surface area contributed by atoms with Gasteiger partial charge in [0.05, 0.1) is 7.11 Å². The standard InChI is InChI=1S/C11H17NO3Si/c1-14-10-7-5-9(6-8-10)12-11(13)15-16(2,3)4/h5-8H,1-4H3,(H,12,13). The van der Waals surface area contributed by atoms with Crippen LogP contribution in [-0.2, 0) is 4.43 Å². The van der Waals surface area contributed by atoms with E-state index < -0.39 is 14.4 Å². The predicted molar refractivity (Wildman–Crippen MR) is 66.4 cm³/mol. The van der Waals surface area contributed by atoms with Crippen molar-refractivity contribution >= 4 is 20.1 Å². The zero-order valence-corrected chi connectivity index (χ0v) is 11.0. The van der Waals surface area contributed by atoms with Crippen LogP contribution < -0.4 is 10.1 Å². The van der Waals surface area contributed by atoms with Gasteiger partial charge in [0.25, 0.3) is 0 Å². The molecule has 0 saturated carbocycles. The summed E-state index contributed by atoms with van der Waals surface area (Å²) in [5.41, 5.74) is 0.698. The molecule has 0 bridgehead atoms. The number of rotatable bonds is 3. The minimum Gasteiger partial charge on any atom is -0.504 e. The first-order chi connectivity index (χ1) is 7.40. The van der Waals surface area contributed by atoms with Crippen molar-refractivity contribution in [2.45, 2.75) is 19.6 Å². The van der Waals surface area contributed by atoms with E-state index in [4.69, 9.17) is 9.16 Å². The fourth-order valence-corrected chi connectivity index (χ4v) is 1.70. The molecule has 0 unspecified atom stereocenters. The quantitative estimate of drug-likeness (QED) is 0.825. The minimum absolute atomic E-state index is 0.399. The van der Waals surface area contributed by atoms with Crippen molar-refractivity contribution in [1.29, 1.82) is 0 Å². The highest BCUT2D eigenvalue weighted by Gasteiger charge is 2.19. The molecule has 16 heavy (non-hydrogen) atoms. The number of hydrogen-bond acceptors (Lipinski definition) is 3. The average Bonchev–Trinajstić information content (AvgIpc) is 2.16. The van der Waals surface area contributed by atoms with E-state index >= 15 is 0 Å². The Bertz CT molecular complexity index is 356. The van der Waals surface area contributed by atoms with E-state index in [-0.39, 0.29) is 0 Å². The summed E-state index contributed by atoms with van der Waals surface area (Å²) in [4.78, 5) is 11.5. The second-order valence-electron chi connectivity index (χ2n) is 4.36. The molecule has 1 amide bonds. The molecule has 0 fully saturated rings. The molecule has 0 atom stereocenters. The Morgan fingerprint density at radius 1 is 1.19 bits per heavy atom. The number of benzene rings is 1. The molecule has 4 nitrogen and oxygen atoms in total. The normalized spacial score (nSPS) is 10.8. The van der Waals surface area contributed by atoms with E-state index in [9.17, 15) is 4.79 Å². The maximum Gasteiger partial charge on any atom is 0.398 e. The molecular formula is C11H17NO3Si. The first-order valence-electron chi connectivity index (χ1n) is 5.05. The zero-order valence-electron chi connectivity index (χ0n) is 10.0. The molecule has 1 N–H and O–H groups in total. The molecule has 1 aromatic carbocycles. The molecule has 0 radical (unpaired) electrons. The van der Waals surface area contributed by atoms with Gasteiger partial charge in [0.1, 0.15) is 5.75 Å². The summed E-state index contributed by atoms with van der Waals surface area (Å²) in [7, 11) is -0.230. The maximum atomic E-state index is 11.5. The van der Waals surface area contributed by atoms with Gasteiger partial charge in [0, 0.05) is 5.69 Å². The number of carbonyl (C=O) groups excluding carboxylic acids is 1. The lowest BCUT2D eigenvalue weighted by molar-refractivity contribution is 0.214. The first kappa shape index (κ1) is 12.6. The number of methoxy groups -OCH3 is 1. The van der Waals surface area contributed by atoms with Gasteiger partial charge in [0.15, 0.2) is 0 Å². The molecule has 0 spiro atoms. The second-order valence-corrected chi connectivity index (χ2v) is 8.78. The van der Waals surface area contributed by atoms with Crippen LogP contribution in [0.2, 0.25) is 19.6 Å². The van der Waals surface area contributed by atoms with Gasteiger partial charge in [-0.05, 0) is 43.9 Å². The molecule has 1 aromatic rings. The van der Waals surface area contributed by atoms with E-state index in [1.807, 2.05) is 19.6 Å². The number of amides is 1. The highest BCUT2D eigenvalue weighted by atomic mass is 28.4. The molecule has 88 valence electrons. The van der Waals surface area contributed by atoms with Crippen LogP contribution in [0.4, 0.5) is 10.5 Å². The van der Waals surface area contributed by atoms with E-state index in [1.165, 1.54) is 0 Å². The molecule has 1 rings (SSSR count). The van der Waals surface area contributed by atoms with Gasteiger partial charge in [-0.3, -0.25) is 5.32 Å². The minimum atomic E-state index is -1.83. The molecular weight excluding hydrogens is 222 g/mol. The molecule has 0 saturated heterocycles. The van der Waals surface area contributed by atoms with Crippen molar-refractivity contribution < 1.29 is 14.0 Å². The lowest BCUT2D eigenvalue weighted by atomic mass is 10.3. The fourth-order valence-electron chi connectivity index (χ4n) is 1.10. The topological polar surface area (TPSA) is 47.6 Å². The smallest absolute Gasteiger partial charge is 0.398 e. The number of hydrogen-bond donors (Lipinski definition) is 1. The number of nitrogens with one attached hydrogen (secondary N) is 1. The third kappa shape index (κ3) is 4.35. The molecule has 0 aliphatic carbocycles. The van der Waals surface area contributed by atoms with Gasteiger partial charge < -0.3 is 9.16 Å². The Balaban J connectivity index is 2.56. The van der Waals surface area contributed by atoms with Crippen LogP contribution >= 0.6 is 0 Å². The summed E-state index contributed by atoms with van der Waals surface area (Å²) in [6.07, 6.45) is -0.399. The molecule has 0 aliphatic heterocycles. The van der Waals surface area contributed by atoms with Crippen LogP contribution in [0, 0.1) is 0 Å². The molecule has 0 heterocycles. The fraction of sp³-hybridized carbons (Fsp3) is 0.364. The van der Waals surface area contributed by atoms with E-state index in [0.717, 1.165) is 5.75 Å². The highest BCUT2D eigenvalue weighted by molar-refractivity contribution is 6.71. The summed E-state index contributed by atoms with van der Waals surface area (Å²) in [6.45, 7) is 5.88. The molecule has 0 aliphatic rings. The van der Waals surface area contributed by atoms with Gasteiger partial charge in [0.2, 0.25) is 8.32 Å². The van der Waals surface area contributed by atoms with Crippen LogP contribution in [0.3, 0.4) is 0 Å². The Morgan fingerprint density at radius 2 is 1.75 bits per heavy atom. The Hall–Kier alpha value is -1.49. The zero-order chi connectivity index (χ0) is 12.2. The van der Waals surface area contributed by atoms with E-state index in [2.05, 4.69) is 5.32 Å². The van der Waals surface area contributed by atoms with Crippen LogP contribution in [0.15, 0.2) is 24.3 Å². The second kappa shape index (κ2) is 5.02. The van der Waals surface area contributed by atoms with Gasteiger partial charge in [-0.15, -0.1) is 0 Å². The number of carbonyl (C=O) groups is 1. The highest BCUT2D eigenvalue weighted by Crippen LogP contribution is 2.15. The van der Waals surface area contributed by atoms with Crippen molar-refractivity contribution in [3.8, 4) is 5.75 Å². The third-order valence-corrected chi connectivity index (χ3v) is 2.53. The van der Waals surface area contributed by atoms with Crippen molar-refractivity contribution in [2.24, 2.45) is 0 Å². The van der Waals surface area contributed by atoms with Crippen LogP contribution in [0.1, 0.15) is 0 Å². The molecule has 5 heteroatoms. The average molecular weight is 239 g/mol. The van der Waals surface area contributed by atoms with Crippen molar-refractivity contribution in [3.63, 3.8) is 0 Å². The Labute approximate surface area is 96.7 Å². The van der Waals surface area contributed by atoms with Crippen molar-refractivity contribution in [2.75, 3.05) is 12.4 Å². The first-order valence-corrected chi connectivity index (χ1v) is 8.45. The van der Waals surface area contributed by atoms with Crippen LogP contribution in [0.25, 0.3) is 0 Å². The monoisotopic (exact) mass is 239 g/mol. The van der Waals surface area contributed by atoms with E-state index in [0.29, 0.717) is 5.69 Å². The number of anilines is 1. The predicted octanol–water partition coefficient (Wildman–Crippen LogP) is 3.08. The summed E-state index contributed by atoms with van der Waals surface area (Å²) < 4.78 is 10.3. The summed E-state index contributed by atoms with van der Waals surface area (Å²) >= 11 is 0. The Kier molecular flexibility index (Phi) is 3.95. The maximum absolute atomic E-state index is 11.5. The van der Waals surface area contributed by atoms with Crippen LogP contribution in [-0.4, -0.2) is 21.5 Å². The van der Waals surface area contributed by atoms with Crippen molar-refractivity contribution in [1.82, 2.24) is 0 Å². The van der Waals surface area contributed by atoms with Gasteiger partial charge in [-0.2, -0.15) is 0 Å².